The van der Waals surface area contributed by atoms with Gasteiger partial charge in [0.15, 0.2) is 0 Å². The van der Waals surface area contributed by atoms with Gasteiger partial charge in [0.1, 0.15) is 5.60 Å². The standard InChI is InChI=1S/C31H41N5O3/c1-20(2)22-7-9-24(10-8-22)31(38,30(4)18-35(5)19-30)25-13-23(15-32-16-25)27-14-28(34-33-27)26-11-12-36(21(3)37)17-29(26)39-6/h7-10,13-16,20,26,29,38H,11-12,17-19H2,1-6H3,(H,33,34)/t26?,29?,31-/m0/s1. The predicted molar refractivity (Wildman–Crippen MR) is 151 cm³/mol. The predicted octanol–water partition coefficient (Wildman–Crippen LogP) is 4.13. The summed E-state index contributed by atoms with van der Waals surface area (Å²) in [6.45, 7) is 10.9. The van der Waals surface area contributed by atoms with Crippen molar-refractivity contribution in [1.29, 1.82) is 0 Å². The van der Waals surface area contributed by atoms with E-state index < -0.39 is 5.60 Å². The lowest BCUT2D eigenvalue weighted by Gasteiger charge is -2.55. The Morgan fingerprint density at radius 2 is 1.90 bits per heavy atom. The number of aliphatic hydroxyl groups is 1. The van der Waals surface area contributed by atoms with Gasteiger partial charge in [0, 0.05) is 80.8 Å². The lowest BCUT2D eigenvalue weighted by Crippen LogP contribution is -2.63. The van der Waals surface area contributed by atoms with Gasteiger partial charge in [-0.05, 0) is 42.6 Å². The molecule has 39 heavy (non-hydrogen) atoms. The Kier molecular flexibility index (Phi) is 7.39. The fourth-order valence-corrected chi connectivity index (χ4v) is 6.60. The second-order valence-corrected chi connectivity index (χ2v) is 12.0. The van der Waals surface area contributed by atoms with Gasteiger partial charge in [-0.1, -0.05) is 45.0 Å². The van der Waals surface area contributed by atoms with Crippen molar-refractivity contribution in [2.45, 2.75) is 57.7 Å². The molecule has 2 N–H and O–H groups in total. The zero-order valence-corrected chi connectivity index (χ0v) is 23.9. The molecule has 2 saturated heterocycles. The van der Waals surface area contributed by atoms with Crippen molar-refractivity contribution in [2.24, 2.45) is 5.41 Å². The van der Waals surface area contributed by atoms with Crippen LogP contribution in [0.2, 0.25) is 0 Å². The van der Waals surface area contributed by atoms with Gasteiger partial charge in [0.05, 0.1) is 11.8 Å². The van der Waals surface area contributed by atoms with Crippen molar-refractivity contribution in [2.75, 3.05) is 40.3 Å². The average molecular weight is 532 g/mol. The van der Waals surface area contributed by atoms with Gasteiger partial charge < -0.3 is 19.6 Å². The SMILES string of the molecule is COC1CN(C(C)=O)CCC1c1cc(-c2cncc([C@@](O)(c3ccc(C(C)C)cc3)C3(C)CN(C)C3)c2)n[nH]1. The van der Waals surface area contributed by atoms with Crippen LogP contribution < -0.4 is 0 Å². The number of benzene rings is 1. The molecule has 3 atom stereocenters. The highest BCUT2D eigenvalue weighted by Crippen LogP contribution is 2.50. The van der Waals surface area contributed by atoms with Crippen molar-refractivity contribution in [3.8, 4) is 11.3 Å². The maximum Gasteiger partial charge on any atom is 0.219 e. The third-order valence-corrected chi connectivity index (χ3v) is 8.86. The van der Waals surface area contributed by atoms with Crippen LogP contribution in [0, 0.1) is 5.41 Å². The summed E-state index contributed by atoms with van der Waals surface area (Å²) in [5.74, 6) is 0.606. The highest BCUT2D eigenvalue weighted by Gasteiger charge is 2.55. The normalized spacial score (nSPS) is 22.9. The summed E-state index contributed by atoms with van der Waals surface area (Å²) in [6.07, 6.45) is 4.29. The maximum absolute atomic E-state index is 12.6. The van der Waals surface area contributed by atoms with Crippen molar-refractivity contribution in [3.63, 3.8) is 0 Å². The number of nitrogens with zero attached hydrogens (tertiary/aromatic N) is 4. The van der Waals surface area contributed by atoms with E-state index in [1.165, 1.54) is 5.56 Å². The van der Waals surface area contributed by atoms with Crippen molar-refractivity contribution in [1.82, 2.24) is 25.0 Å². The Morgan fingerprint density at radius 1 is 1.18 bits per heavy atom. The number of methoxy groups -OCH3 is 1. The maximum atomic E-state index is 12.6. The number of aromatic amines is 1. The zero-order chi connectivity index (χ0) is 27.9. The number of rotatable bonds is 7. The minimum Gasteiger partial charge on any atom is -0.380 e. The molecule has 0 radical (unpaired) electrons. The Bertz CT molecular complexity index is 1310. The zero-order valence-electron chi connectivity index (χ0n) is 23.9. The number of hydrogen-bond donors (Lipinski definition) is 2. The Labute approximate surface area is 231 Å². The molecule has 4 heterocycles. The molecule has 208 valence electrons. The summed E-state index contributed by atoms with van der Waals surface area (Å²) in [7, 11) is 3.77. The molecule has 1 aromatic carbocycles. The molecule has 3 aromatic rings. The van der Waals surface area contributed by atoms with Crippen LogP contribution >= 0.6 is 0 Å². The van der Waals surface area contributed by atoms with Crippen LogP contribution in [0.3, 0.4) is 0 Å². The van der Waals surface area contributed by atoms with Gasteiger partial charge in [-0.2, -0.15) is 5.10 Å². The molecule has 2 aliphatic heterocycles. The first-order valence-corrected chi connectivity index (χ1v) is 13.9. The van der Waals surface area contributed by atoms with E-state index in [1.54, 1.807) is 26.4 Å². The number of H-pyrrole nitrogens is 1. The highest BCUT2D eigenvalue weighted by molar-refractivity contribution is 5.73. The number of aromatic nitrogens is 3. The van der Waals surface area contributed by atoms with Gasteiger partial charge in [-0.25, -0.2) is 0 Å². The van der Waals surface area contributed by atoms with E-state index >= 15 is 0 Å². The topological polar surface area (TPSA) is 94.6 Å². The van der Waals surface area contributed by atoms with E-state index in [9.17, 15) is 9.90 Å². The monoisotopic (exact) mass is 531 g/mol. The lowest BCUT2D eigenvalue weighted by molar-refractivity contribution is -0.132. The van der Waals surface area contributed by atoms with Crippen LogP contribution in [0.15, 0.2) is 48.8 Å². The summed E-state index contributed by atoms with van der Waals surface area (Å²) in [6, 6.07) is 12.5. The van der Waals surface area contributed by atoms with Crippen LogP contribution in [0.25, 0.3) is 11.3 Å². The molecule has 2 fully saturated rings. The molecule has 0 bridgehead atoms. The smallest absolute Gasteiger partial charge is 0.219 e. The second-order valence-electron chi connectivity index (χ2n) is 12.0. The summed E-state index contributed by atoms with van der Waals surface area (Å²) in [5.41, 5.74) is 3.92. The number of carbonyl (C=O) groups excluding carboxylic acids is 1. The van der Waals surface area contributed by atoms with E-state index in [0.717, 1.165) is 47.6 Å². The molecule has 2 aromatic heterocycles. The van der Waals surface area contributed by atoms with Crippen LogP contribution in [0.4, 0.5) is 0 Å². The molecule has 0 spiro atoms. The van der Waals surface area contributed by atoms with E-state index in [4.69, 9.17) is 4.74 Å². The molecular formula is C31H41N5O3. The first kappa shape index (κ1) is 27.5. The summed E-state index contributed by atoms with van der Waals surface area (Å²) in [4.78, 5) is 20.5. The van der Waals surface area contributed by atoms with Crippen LogP contribution in [0.5, 0.6) is 0 Å². The molecule has 8 heteroatoms. The third kappa shape index (κ3) is 4.90. The molecular weight excluding hydrogens is 490 g/mol. The largest absolute Gasteiger partial charge is 0.380 e. The number of carbonyl (C=O) groups is 1. The molecule has 0 saturated carbocycles. The van der Waals surface area contributed by atoms with Crippen molar-refractivity contribution >= 4 is 5.91 Å². The number of nitrogens with one attached hydrogen (secondary N) is 1. The molecule has 2 aliphatic rings. The summed E-state index contributed by atoms with van der Waals surface area (Å²) < 4.78 is 5.76. The minimum absolute atomic E-state index is 0.0707. The van der Waals surface area contributed by atoms with Crippen LogP contribution in [0.1, 0.15) is 68.3 Å². The molecule has 2 unspecified atom stereocenters. The Hall–Kier alpha value is -3.07. The van der Waals surface area contributed by atoms with E-state index in [-0.39, 0.29) is 23.3 Å². The van der Waals surface area contributed by atoms with Gasteiger partial charge in [-0.15, -0.1) is 0 Å². The van der Waals surface area contributed by atoms with Gasteiger partial charge in [-0.3, -0.25) is 14.9 Å². The minimum atomic E-state index is -1.21. The van der Waals surface area contributed by atoms with Gasteiger partial charge >= 0.3 is 0 Å². The number of pyridine rings is 1. The van der Waals surface area contributed by atoms with Gasteiger partial charge in [0.25, 0.3) is 0 Å². The van der Waals surface area contributed by atoms with Crippen LogP contribution in [-0.2, 0) is 15.1 Å². The molecule has 8 nitrogen and oxygen atoms in total. The van der Waals surface area contributed by atoms with E-state index in [1.807, 2.05) is 11.0 Å². The molecule has 5 rings (SSSR count). The highest BCUT2D eigenvalue weighted by atomic mass is 16.5. The Balaban J connectivity index is 1.48. The van der Waals surface area contributed by atoms with Crippen molar-refractivity contribution < 1.29 is 14.6 Å². The fourth-order valence-electron chi connectivity index (χ4n) is 6.60. The average Bonchev–Trinajstić information content (AvgIpc) is 3.41. The first-order chi connectivity index (χ1) is 18.6. The summed E-state index contributed by atoms with van der Waals surface area (Å²) in [5, 5.41) is 20.4. The van der Waals surface area contributed by atoms with Crippen LogP contribution in [-0.4, -0.2) is 82.4 Å². The summed E-state index contributed by atoms with van der Waals surface area (Å²) >= 11 is 0. The third-order valence-electron chi connectivity index (χ3n) is 8.86. The van der Waals surface area contributed by atoms with Crippen molar-refractivity contribution in [3.05, 3.63) is 71.2 Å². The molecule has 0 aliphatic carbocycles. The van der Waals surface area contributed by atoms with E-state index in [2.05, 4.69) is 78.2 Å². The quantitative estimate of drug-likeness (QED) is 0.476. The first-order valence-electron chi connectivity index (χ1n) is 13.9. The fraction of sp³-hybridized carbons (Fsp3) is 0.516. The Morgan fingerprint density at radius 3 is 2.51 bits per heavy atom. The number of hydrogen-bond acceptors (Lipinski definition) is 6. The number of amides is 1. The molecule has 1 amide bonds. The number of likely N-dealkylation sites (tertiary alicyclic amines) is 2. The van der Waals surface area contributed by atoms with Gasteiger partial charge in [0.2, 0.25) is 5.91 Å². The number of piperidine rings is 1. The van der Waals surface area contributed by atoms with E-state index in [0.29, 0.717) is 19.0 Å². The number of ether oxygens (including phenoxy) is 1. The second kappa shape index (κ2) is 10.5. The lowest BCUT2D eigenvalue weighted by atomic mass is 9.62.